The van der Waals surface area contributed by atoms with Crippen molar-refractivity contribution in [1.82, 2.24) is 15.2 Å². The molecule has 4 rings (SSSR count). The summed E-state index contributed by atoms with van der Waals surface area (Å²) in [5.74, 6) is 1.37. The number of halogens is 3. The molecule has 0 aliphatic carbocycles. The highest BCUT2D eigenvalue weighted by atomic mass is 79.9. The van der Waals surface area contributed by atoms with Crippen molar-refractivity contribution in [2.24, 2.45) is 0 Å². The second-order valence-electron chi connectivity index (χ2n) is 7.16. The van der Waals surface area contributed by atoms with E-state index in [-0.39, 0.29) is 0 Å². The Bertz CT molecular complexity index is 1090. The van der Waals surface area contributed by atoms with Crippen molar-refractivity contribution in [2.45, 2.75) is 44.0 Å². The van der Waals surface area contributed by atoms with Crippen LogP contribution in [0, 0.1) is 0 Å². The van der Waals surface area contributed by atoms with Gasteiger partial charge in [0.25, 0.3) is 0 Å². The van der Waals surface area contributed by atoms with Crippen molar-refractivity contribution in [2.75, 3.05) is 11.1 Å². The van der Waals surface area contributed by atoms with Gasteiger partial charge in [-0.15, -0.1) is 10.2 Å². The third kappa shape index (κ3) is 5.45. The molecule has 0 spiro atoms. The number of aromatic nitrogens is 3. The van der Waals surface area contributed by atoms with E-state index in [1.54, 1.807) is 23.9 Å². The zero-order valence-corrected chi connectivity index (χ0v) is 20.8. The molecule has 1 aliphatic heterocycles. The molecule has 0 amide bonds. The van der Waals surface area contributed by atoms with E-state index < -0.39 is 6.23 Å². The molecule has 0 unspecified atom stereocenters. The molecule has 5 nitrogen and oxygen atoms in total. The van der Waals surface area contributed by atoms with Gasteiger partial charge in [0.15, 0.2) is 11.9 Å². The van der Waals surface area contributed by atoms with Gasteiger partial charge in [0.1, 0.15) is 0 Å². The second kappa shape index (κ2) is 10.4. The number of anilines is 1. The Labute approximate surface area is 204 Å². The van der Waals surface area contributed by atoms with Crippen LogP contribution in [0.25, 0.3) is 11.3 Å². The van der Waals surface area contributed by atoms with Crippen LogP contribution in [0.1, 0.15) is 44.4 Å². The van der Waals surface area contributed by atoms with Crippen molar-refractivity contribution >= 4 is 56.6 Å². The Balaban J connectivity index is 1.68. The summed E-state index contributed by atoms with van der Waals surface area (Å²) < 4.78 is 7.22. The third-order valence-corrected chi connectivity index (χ3v) is 6.84. The van der Waals surface area contributed by atoms with Crippen LogP contribution in [0.4, 0.5) is 5.69 Å². The number of hydrogen-bond donors (Lipinski definition) is 1. The number of nitrogens with one attached hydrogen (secondary N) is 1. The Morgan fingerprint density at radius 2 is 1.97 bits per heavy atom. The third-order valence-electron chi connectivity index (χ3n) is 4.86. The summed E-state index contributed by atoms with van der Waals surface area (Å²) in [5, 5.41) is 13.9. The van der Waals surface area contributed by atoms with Gasteiger partial charge < -0.3 is 10.1 Å². The lowest BCUT2D eigenvalue weighted by Gasteiger charge is -2.20. The molecule has 1 atom stereocenters. The highest BCUT2D eigenvalue weighted by molar-refractivity contribution is 9.10. The molecular formula is C22H21BrCl2N4OS. The van der Waals surface area contributed by atoms with Gasteiger partial charge in [0.2, 0.25) is 11.0 Å². The summed E-state index contributed by atoms with van der Waals surface area (Å²) >= 11 is 17.7. The van der Waals surface area contributed by atoms with E-state index in [2.05, 4.69) is 43.4 Å². The first kappa shape index (κ1) is 22.6. The minimum atomic E-state index is -0.551. The Hall–Kier alpha value is -1.54. The molecule has 2 heterocycles. The van der Waals surface area contributed by atoms with E-state index in [0.29, 0.717) is 26.8 Å². The summed E-state index contributed by atoms with van der Waals surface area (Å²) in [6.45, 7) is 2.21. The van der Waals surface area contributed by atoms with Crippen LogP contribution in [-0.2, 0) is 0 Å². The van der Waals surface area contributed by atoms with Crippen LogP contribution < -0.4 is 10.1 Å². The molecule has 162 valence electrons. The van der Waals surface area contributed by atoms with Gasteiger partial charge in [0, 0.05) is 32.1 Å². The number of ether oxygens (including phenoxy) is 1. The van der Waals surface area contributed by atoms with Crippen molar-refractivity contribution in [3.8, 4) is 17.1 Å². The molecule has 0 saturated carbocycles. The first-order valence-corrected chi connectivity index (χ1v) is 12.6. The fourth-order valence-corrected chi connectivity index (χ4v) is 4.92. The lowest BCUT2D eigenvalue weighted by molar-refractivity contribution is 0.225. The zero-order valence-electron chi connectivity index (χ0n) is 16.9. The minimum absolute atomic E-state index is 0.423. The maximum atomic E-state index is 6.47. The molecule has 2 aromatic carbocycles. The SMILES string of the molecule is CCCCCCSc1nnc2c(n1)O[C@@H](c1ccc(Cl)cc1Cl)Nc1ccc(Br)cc1-2. The second-order valence-corrected chi connectivity index (χ2v) is 9.98. The van der Waals surface area contributed by atoms with Crippen molar-refractivity contribution in [3.05, 3.63) is 56.5 Å². The first-order chi connectivity index (χ1) is 15.0. The average molecular weight is 540 g/mol. The van der Waals surface area contributed by atoms with Gasteiger partial charge >= 0.3 is 0 Å². The highest BCUT2D eigenvalue weighted by Gasteiger charge is 2.27. The maximum absolute atomic E-state index is 6.47. The van der Waals surface area contributed by atoms with E-state index in [4.69, 9.17) is 27.9 Å². The summed E-state index contributed by atoms with van der Waals surface area (Å²) in [4.78, 5) is 4.69. The number of fused-ring (bicyclic) bond motifs is 3. The van der Waals surface area contributed by atoms with Crippen LogP contribution in [0.2, 0.25) is 10.0 Å². The highest BCUT2D eigenvalue weighted by Crippen LogP contribution is 2.42. The summed E-state index contributed by atoms with van der Waals surface area (Å²) in [6.07, 6.45) is 4.24. The van der Waals surface area contributed by atoms with Crippen molar-refractivity contribution in [1.29, 1.82) is 0 Å². The fraction of sp³-hybridized carbons (Fsp3) is 0.318. The van der Waals surface area contributed by atoms with E-state index in [0.717, 1.165) is 33.5 Å². The average Bonchev–Trinajstić information content (AvgIpc) is 2.90. The topological polar surface area (TPSA) is 59.9 Å². The van der Waals surface area contributed by atoms with Gasteiger partial charge in [-0.05, 0) is 36.8 Å². The number of unbranched alkanes of at least 4 members (excludes halogenated alkanes) is 3. The number of benzene rings is 2. The Morgan fingerprint density at radius 3 is 2.77 bits per heavy atom. The molecule has 0 radical (unpaired) electrons. The van der Waals surface area contributed by atoms with E-state index in [1.807, 2.05) is 24.3 Å². The molecule has 31 heavy (non-hydrogen) atoms. The fourth-order valence-electron chi connectivity index (χ4n) is 3.28. The zero-order chi connectivity index (χ0) is 21.8. The van der Waals surface area contributed by atoms with E-state index in [9.17, 15) is 0 Å². The number of nitrogens with zero attached hydrogens (tertiary/aromatic N) is 3. The summed E-state index contributed by atoms with van der Waals surface area (Å²) in [7, 11) is 0. The predicted molar refractivity (Wildman–Crippen MR) is 131 cm³/mol. The largest absolute Gasteiger partial charge is 0.448 e. The molecule has 9 heteroatoms. The number of rotatable bonds is 7. The number of hydrogen-bond acceptors (Lipinski definition) is 6. The van der Waals surface area contributed by atoms with Crippen LogP contribution in [0.3, 0.4) is 0 Å². The lowest BCUT2D eigenvalue weighted by Crippen LogP contribution is -2.17. The molecule has 3 aromatic rings. The lowest BCUT2D eigenvalue weighted by atomic mass is 10.1. The molecule has 0 fully saturated rings. The van der Waals surface area contributed by atoms with Crippen LogP contribution >= 0.6 is 50.9 Å². The smallest absolute Gasteiger partial charge is 0.247 e. The van der Waals surface area contributed by atoms with Gasteiger partial charge in [-0.3, -0.25) is 0 Å². The monoisotopic (exact) mass is 538 g/mol. The van der Waals surface area contributed by atoms with E-state index >= 15 is 0 Å². The van der Waals surface area contributed by atoms with Gasteiger partial charge in [0.05, 0.1) is 5.02 Å². The van der Waals surface area contributed by atoms with Crippen LogP contribution in [0.5, 0.6) is 5.88 Å². The molecule has 1 aliphatic rings. The predicted octanol–water partition coefficient (Wildman–Crippen LogP) is 7.78. The number of thioether (sulfide) groups is 1. The Morgan fingerprint density at radius 1 is 1.10 bits per heavy atom. The van der Waals surface area contributed by atoms with Crippen LogP contribution in [-0.4, -0.2) is 20.9 Å². The standard InChI is InChI=1S/C22H21BrCl2N4OS/c1-2-3-4-5-10-31-22-27-21-19(28-29-22)16-11-13(23)6-9-18(16)26-20(30-21)15-8-7-14(24)12-17(15)25/h6-9,11-12,20,26H,2-5,10H2,1H3/t20-/m0/s1. The van der Waals surface area contributed by atoms with Gasteiger partial charge in [-0.25, -0.2) is 0 Å². The van der Waals surface area contributed by atoms with Gasteiger partial charge in [-0.1, -0.05) is 83.1 Å². The Kier molecular flexibility index (Phi) is 7.59. The van der Waals surface area contributed by atoms with E-state index in [1.165, 1.54) is 19.3 Å². The maximum Gasteiger partial charge on any atom is 0.247 e. The first-order valence-electron chi connectivity index (χ1n) is 10.1. The quantitative estimate of drug-likeness (QED) is 0.244. The van der Waals surface area contributed by atoms with Crippen molar-refractivity contribution in [3.63, 3.8) is 0 Å². The van der Waals surface area contributed by atoms with Gasteiger partial charge in [-0.2, -0.15) is 4.98 Å². The molecule has 0 saturated heterocycles. The molecule has 1 N–H and O–H groups in total. The van der Waals surface area contributed by atoms with Crippen molar-refractivity contribution < 1.29 is 4.74 Å². The molecule has 0 bridgehead atoms. The summed E-state index contributed by atoms with van der Waals surface area (Å²) in [5.41, 5.74) is 3.07. The normalized spacial score (nSPS) is 14.8. The van der Waals surface area contributed by atoms with Crippen LogP contribution in [0.15, 0.2) is 46.0 Å². The summed E-state index contributed by atoms with van der Waals surface area (Å²) in [6, 6.07) is 11.2. The minimum Gasteiger partial charge on any atom is -0.448 e. The molecule has 1 aromatic heterocycles. The molecular weight excluding hydrogens is 519 g/mol.